The molecule has 2 aliphatic rings. The van der Waals surface area contributed by atoms with Gasteiger partial charge in [-0.25, -0.2) is 17.2 Å². The Balaban J connectivity index is 1.38. The molecule has 9 heteroatoms. The maximum Gasteiger partial charge on any atom is 0.243 e. The zero-order chi connectivity index (χ0) is 22.2. The van der Waals surface area contributed by atoms with Crippen LogP contribution < -0.4 is 5.32 Å². The van der Waals surface area contributed by atoms with Crippen molar-refractivity contribution in [2.45, 2.75) is 37.1 Å². The van der Waals surface area contributed by atoms with Crippen molar-refractivity contribution in [2.75, 3.05) is 31.5 Å². The van der Waals surface area contributed by atoms with Gasteiger partial charge in [-0.15, -0.1) is 0 Å². The van der Waals surface area contributed by atoms with Crippen LogP contribution in [0.25, 0.3) is 0 Å². The summed E-state index contributed by atoms with van der Waals surface area (Å²) in [5.41, 5.74) is 2.11. The topological polar surface area (TPSA) is 69.7 Å². The van der Waals surface area contributed by atoms with Crippen LogP contribution in [0.1, 0.15) is 24.5 Å². The Morgan fingerprint density at radius 2 is 1.71 bits per heavy atom. The number of rotatable bonds is 5. The van der Waals surface area contributed by atoms with E-state index in [1.165, 1.54) is 9.87 Å². The van der Waals surface area contributed by atoms with Crippen molar-refractivity contribution in [1.29, 1.82) is 0 Å². The number of piperazine rings is 1. The number of hydrogen-bond acceptors (Lipinski definition) is 4. The Labute approximate surface area is 180 Å². The average Bonchev–Trinajstić information content (AvgIpc) is 3.24. The van der Waals surface area contributed by atoms with E-state index in [1.807, 2.05) is 11.0 Å². The maximum absolute atomic E-state index is 13.8. The molecule has 0 aromatic heterocycles. The summed E-state index contributed by atoms with van der Waals surface area (Å²) in [6, 6.07) is 7.62. The van der Waals surface area contributed by atoms with E-state index in [9.17, 15) is 22.0 Å². The van der Waals surface area contributed by atoms with E-state index < -0.39 is 33.6 Å². The smallest absolute Gasteiger partial charge is 0.243 e. The van der Waals surface area contributed by atoms with E-state index in [2.05, 4.69) is 5.32 Å². The summed E-state index contributed by atoms with van der Waals surface area (Å²) >= 11 is 0. The molecular weight excluding hydrogens is 424 g/mol. The monoisotopic (exact) mass is 449 g/mol. The first-order valence-electron chi connectivity index (χ1n) is 10.4. The first kappa shape index (κ1) is 21.9. The number of fused-ring (bicyclic) bond motifs is 1. The van der Waals surface area contributed by atoms with Gasteiger partial charge in [0, 0.05) is 32.2 Å². The number of hydrogen-bond donors (Lipinski definition) is 1. The number of anilines is 1. The molecule has 0 bridgehead atoms. The molecular formula is C22H25F2N3O3S. The van der Waals surface area contributed by atoms with Crippen LogP contribution in [0.15, 0.2) is 41.3 Å². The molecule has 0 radical (unpaired) electrons. The SMILES string of the molecule is C[C@H](C(=O)Nc1cc(F)ccc1F)N1CCN(S(=O)(=O)c2ccc3c(c2)CCC3)CC1. The molecule has 0 unspecified atom stereocenters. The van der Waals surface area contributed by atoms with Crippen LogP contribution in [0.3, 0.4) is 0 Å². The lowest BCUT2D eigenvalue weighted by molar-refractivity contribution is -0.121. The zero-order valence-corrected chi connectivity index (χ0v) is 18.1. The molecule has 1 aliphatic heterocycles. The number of nitrogens with zero attached hydrogens (tertiary/aromatic N) is 2. The van der Waals surface area contributed by atoms with Gasteiger partial charge in [-0.2, -0.15) is 4.31 Å². The predicted molar refractivity (Wildman–Crippen MR) is 113 cm³/mol. The van der Waals surface area contributed by atoms with Crippen molar-refractivity contribution in [3.63, 3.8) is 0 Å². The fourth-order valence-corrected chi connectivity index (χ4v) is 5.66. The number of amides is 1. The summed E-state index contributed by atoms with van der Waals surface area (Å²) in [5.74, 6) is -1.83. The molecule has 2 aromatic rings. The Hall–Kier alpha value is -2.36. The third-order valence-electron chi connectivity index (χ3n) is 6.09. The average molecular weight is 450 g/mol. The van der Waals surface area contributed by atoms with E-state index in [0.29, 0.717) is 18.0 Å². The number of nitrogens with one attached hydrogen (secondary N) is 1. The summed E-state index contributed by atoms with van der Waals surface area (Å²) < 4.78 is 54.7. The molecule has 1 heterocycles. The number of halogens is 2. The molecule has 1 fully saturated rings. The standard InChI is InChI=1S/C22H25F2N3O3S/c1-15(22(28)25-21-14-18(23)6-8-20(21)24)26-9-11-27(12-10-26)31(29,30)19-7-5-16-3-2-4-17(16)13-19/h5-8,13-15H,2-4,9-12H2,1H3,(H,25,28)/t15-/m1/s1. The van der Waals surface area contributed by atoms with Crippen molar-refractivity contribution in [1.82, 2.24) is 9.21 Å². The van der Waals surface area contributed by atoms with Crippen LogP contribution in [0.4, 0.5) is 14.5 Å². The molecule has 1 aliphatic carbocycles. The molecule has 1 N–H and O–H groups in total. The predicted octanol–water partition coefficient (Wildman–Crippen LogP) is 2.79. The summed E-state index contributed by atoms with van der Waals surface area (Å²) in [6.07, 6.45) is 2.95. The highest BCUT2D eigenvalue weighted by atomic mass is 32.2. The largest absolute Gasteiger partial charge is 0.322 e. The first-order valence-corrected chi connectivity index (χ1v) is 11.8. The van der Waals surface area contributed by atoms with Gasteiger partial charge in [0.05, 0.1) is 16.6 Å². The summed E-state index contributed by atoms with van der Waals surface area (Å²) in [6.45, 7) is 2.91. The highest BCUT2D eigenvalue weighted by Crippen LogP contribution is 2.27. The van der Waals surface area contributed by atoms with Crippen LogP contribution in [-0.2, 0) is 27.7 Å². The van der Waals surface area contributed by atoms with Crippen LogP contribution >= 0.6 is 0 Å². The molecule has 1 saturated heterocycles. The normalized spacial score (nSPS) is 18.5. The Kier molecular flexibility index (Phi) is 6.09. The minimum atomic E-state index is -3.60. The van der Waals surface area contributed by atoms with E-state index in [1.54, 1.807) is 19.1 Å². The van der Waals surface area contributed by atoms with Gasteiger partial charge in [0.25, 0.3) is 0 Å². The van der Waals surface area contributed by atoms with Gasteiger partial charge in [-0.3, -0.25) is 9.69 Å². The van der Waals surface area contributed by atoms with Crippen molar-refractivity contribution in [2.24, 2.45) is 0 Å². The number of carbonyl (C=O) groups is 1. The quantitative estimate of drug-likeness (QED) is 0.762. The highest BCUT2D eigenvalue weighted by Gasteiger charge is 2.32. The highest BCUT2D eigenvalue weighted by molar-refractivity contribution is 7.89. The third kappa shape index (κ3) is 4.49. The lowest BCUT2D eigenvalue weighted by atomic mass is 10.1. The van der Waals surface area contributed by atoms with Gasteiger partial charge in [-0.1, -0.05) is 6.07 Å². The summed E-state index contributed by atoms with van der Waals surface area (Å²) in [5, 5.41) is 2.41. The molecule has 0 spiro atoms. The summed E-state index contributed by atoms with van der Waals surface area (Å²) in [4.78, 5) is 14.7. The second kappa shape index (κ2) is 8.64. The second-order valence-corrected chi connectivity index (χ2v) is 9.95. The second-order valence-electron chi connectivity index (χ2n) is 8.01. The van der Waals surface area contributed by atoms with E-state index in [4.69, 9.17) is 0 Å². The lowest BCUT2D eigenvalue weighted by Crippen LogP contribution is -2.53. The van der Waals surface area contributed by atoms with Gasteiger partial charge < -0.3 is 5.32 Å². The first-order chi connectivity index (χ1) is 14.8. The van der Waals surface area contributed by atoms with Crippen molar-refractivity contribution in [3.8, 4) is 0 Å². The van der Waals surface area contributed by atoms with Crippen molar-refractivity contribution < 1.29 is 22.0 Å². The zero-order valence-electron chi connectivity index (χ0n) is 17.3. The molecule has 4 rings (SSSR count). The minimum Gasteiger partial charge on any atom is -0.322 e. The van der Waals surface area contributed by atoms with E-state index >= 15 is 0 Å². The van der Waals surface area contributed by atoms with Crippen molar-refractivity contribution >= 4 is 21.6 Å². The van der Waals surface area contributed by atoms with Gasteiger partial charge in [-0.05, 0) is 61.6 Å². The van der Waals surface area contributed by atoms with Gasteiger partial charge in [0.15, 0.2) is 0 Å². The number of aryl methyl sites for hydroxylation is 2. The van der Waals surface area contributed by atoms with Crippen LogP contribution in [-0.4, -0.2) is 55.8 Å². The van der Waals surface area contributed by atoms with Gasteiger partial charge in [0.2, 0.25) is 15.9 Å². The molecule has 6 nitrogen and oxygen atoms in total. The number of benzene rings is 2. The summed E-state index contributed by atoms with van der Waals surface area (Å²) in [7, 11) is -3.60. The van der Waals surface area contributed by atoms with Crippen LogP contribution in [0.5, 0.6) is 0 Å². The molecule has 0 saturated carbocycles. The third-order valence-corrected chi connectivity index (χ3v) is 7.99. The molecule has 31 heavy (non-hydrogen) atoms. The maximum atomic E-state index is 13.8. The number of carbonyl (C=O) groups excluding carboxylic acids is 1. The lowest BCUT2D eigenvalue weighted by Gasteiger charge is -2.36. The van der Waals surface area contributed by atoms with Crippen molar-refractivity contribution in [3.05, 3.63) is 59.2 Å². The molecule has 1 amide bonds. The van der Waals surface area contributed by atoms with E-state index in [-0.39, 0.29) is 18.8 Å². The fraction of sp³-hybridized carbons (Fsp3) is 0.409. The minimum absolute atomic E-state index is 0.213. The van der Waals surface area contributed by atoms with Gasteiger partial charge in [0.1, 0.15) is 11.6 Å². The van der Waals surface area contributed by atoms with Crippen LogP contribution in [0.2, 0.25) is 0 Å². The fourth-order valence-electron chi connectivity index (χ4n) is 4.19. The van der Waals surface area contributed by atoms with E-state index in [0.717, 1.165) is 43.0 Å². The Morgan fingerprint density at radius 1 is 1.00 bits per heavy atom. The molecule has 166 valence electrons. The number of sulfonamides is 1. The van der Waals surface area contributed by atoms with Crippen LogP contribution in [0, 0.1) is 11.6 Å². The molecule has 2 aromatic carbocycles. The molecule has 1 atom stereocenters. The Morgan fingerprint density at radius 3 is 2.45 bits per heavy atom. The Bertz CT molecular complexity index is 1100. The van der Waals surface area contributed by atoms with Gasteiger partial charge >= 0.3 is 0 Å².